The first-order chi connectivity index (χ1) is 13.0. The summed E-state index contributed by atoms with van der Waals surface area (Å²) >= 11 is 0. The number of hydrogen-bond donors (Lipinski definition) is 2. The summed E-state index contributed by atoms with van der Waals surface area (Å²) in [4.78, 5) is 34.3. The maximum absolute atomic E-state index is 13.1. The van der Waals surface area contributed by atoms with Gasteiger partial charge in [0.1, 0.15) is 6.04 Å². The zero-order chi connectivity index (χ0) is 21.1. The summed E-state index contributed by atoms with van der Waals surface area (Å²) in [6, 6.07) is 5.68. The van der Waals surface area contributed by atoms with E-state index in [1.54, 1.807) is 6.07 Å². The molecular weight excluding hydrogens is 385 g/mol. The number of carbonyl (C=O) groups is 2. The molecule has 28 heavy (non-hydrogen) atoms. The van der Waals surface area contributed by atoms with Crippen molar-refractivity contribution >= 4 is 11.9 Å². The number of benzene rings is 1. The number of amides is 1. The first-order valence-electron chi connectivity index (χ1n) is 7.82. The van der Waals surface area contributed by atoms with Gasteiger partial charge in [0.05, 0.1) is 11.5 Å². The molecule has 1 aromatic heterocycles. The summed E-state index contributed by atoms with van der Waals surface area (Å²) in [5, 5.41) is 25.6. The van der Waals surface area contributed by atoms with Gasteiger partial charge in [0.2, 0.25) is 6.54 Å². The molecule has 9 nitrogen and oxygen atoms in total. The predicted octanol–water partition coefficient (Wildman–Crippen LogP) is 1.68. The number of halogens is 3. The molecule has 0 saturated carbocycles. The van der Waals surface area contributed by atoms with E-state index in [9.17, 15) is 38.0 Å². The summed E-state index contributed by atoms with van der Waals surface area (Å²) in [5.41, 5.74) is -2.12. The Kier molecular flexibility index (Phi) is 6.01. The molecule has 2 aromatic rings. The lowest BCUT2D eigenvalue weighted by Gasteiger charge is -2.22. The number of aliphatic carboxylic acids is 1. The maximum Gasteiger partial charge on any atom is 0.435 e. The standard InChI is InChI=1S/C16H15F3N4O5/c1-22-7-11(13(21-22)16(17,18)19)14(24)20-12(15(25)26)10(8-23(27)28)9-5-3-2-4-6-9/h2-7,10,12H,8H2,1H3,(H,20,24)(H,25,26). The van der Waals surface area contributed by atoms with Crippen LogP contribution in [0.15, 0.2) is 36.5 Å². The number of nitrogens with zero attached hydrogens (tertiary/aromatic N) is 3. The molecule has 0 aliphatic carbocycles. The minimum Gasteiger partial charge on any atom is -0.480 e. The second-order valence-corrected chi connectivity index (χ2v) is 5.88. The largest absolute Gasteiger partial charge is 0.480 e. The molecule has 0 spiro atoms. The van der Waals surface area contributed by atoms with E-state index in [0.717, 1.165) is 10.9 Å². The molecule has 2 unspecified atom stereocenters. The van der Waals surface area contributed by atoms with Gasteiger partial charge in [-0.2, -0.15) is 18.3 Å². The van der Waals surface area contributed by atoms with Crippen LogP contribution in [0.4, 0.5) is 13.2 Å². The van der Waals surface area contributed by atoms with E-state index in [0.29, 0.717) is 0 Å². The van der Waals surface area contributed by atoms with Crippen molar-refractivity contribution in [3.63, 3.8) is 0 Å². The van der Waals surface area contributed by atoms with E-state index >= 15 is 0 Å². The summed E-state index contributed by atoms with van der Waals surface area (Å²) in [6.45, 7) is -0.847. The monoisotopic (exact) mass is 400 g/mol. The number of carbonyl (C=O) groups excluding carboxylic acids is 1. The highest BCUT2D eigenvalue weighted by atomic mass is 19.4. The van der Waals surface area contributed by atoms with Gasteiger partial charge in [-0.25, -0.2) is 4.79 Å². The predicted molar refractivity (Wildman–Crippen MR) is 88.1 cm³/mol. The third-order valence-corrected chi connectivity index (χ3v) is 3.87. The van der Waals surface area contributed by atoms with Crippen LogP contribution >= 0.6 is 0 Å². The average Bonchev–Trinajstić information content (AvgIpc) is 3.00. The highest BCUT2D eigenvalue weighted by Gasteiger charge is 2.41. The van der Waals surface area contributed by atoms with E-state index in [2.05, 4.69) is 5.10 Å². The molecule has 0 saturated heterocycles. The Morgan fingerprint density at radius 1 is 1.32 bits per heavy atom. The summed E-state index contributed by atoms with van der Waals surface area (Å²) in [5.74, 6) is -4.28. The zero-order valence-corrected chi connectivity index (χ0v) is 14.4. The van der Waals surface area contributed by atoms with Crippen molar-refractivity contribution in [3.8, 4) is 0 Å². The van der Waals surface area contributed by atoms with Crippen molar-refractivity contribution < 1.29 is 32.8 Å². The van der Waals surface area contributed by atoms with E-state index in [-0.39, 0.29) is 5.56 Å². The maximum atomic E-state index is 13.1. The number of hydrogen-bond acceptors (Lipinski definition) is 5. The number of rotatable bonds is 7. The number of aromatic nitrogens is 2. The number of carboxylic acid groups (broad SMARTS) is 1. The number of alkyl halides is 3. The summed E-state index contributed by atoms with van der Waals surface area (Å²) in [7, 11) is 1.17. The molecular formula is C16H15F3N4O5. The third-order valence-electron chi connectivity index (χ3n) is 3.87. The highest BCUT2D eigenvalue weighted by molar-refractivity contribution is 5.97. The van der Waals surface area contributed by atoms with Gasteiger partial charge in [0.25, 0.3) is 5.91 Å². The normalized spacial score (nSPS) is 13.6. The Morgan fingerprint density at radius 2 is 1.93 bits per heavy atom. The molecule has 0 radical (unpaired) electrons. The zero-order valence-electron chi connectivity index (χ0n) is 14.4. The summed E-state index contributed by atoms with van der Waals surface area (Å²) in [6.07, 6.45) is -4.14. The lowest BCUT2D eigenvalue weighted by molar-refractivity contribution is -0.483. The second-order valence-electron chi connectivity index (χ2n) is 5.88. The first-order valence-corrected chi connectivity index (χ1v) is 7.82. The van der Waals surface area contributed by atoms with Crippen LogP contribution in [-0.4, -0.2) is 44.3 Å². The molecule has 12 heteroatoms. The van der Waals surface area contributed by atoms with Gasteiger partial charge >= 0.3 is 12.1 Å². The molecule has 1 amide bonds. The minimum atomic E-state index is -4.94. The average molecular weight is 400 g/mol. The lowest BCUT2D eigenvalue weighted by Crippen LogP contribution is -2.47. The quantitative estimate of drug-likeness (QED) is 0.538. The Bertz CT molecular complexity index is 882. The van der Waals surface area contributed by atoms with Crippen LogP contribution in [0.3, 0.4) is 0 Å². The molecule has 1 heterocycles. The fourth-order valence-electron chi connectivity index (χ4n) is 2.68. The fraction of sp³-hybridized carbons (Fsp3) is 0.312. The van der Waals surface area contributed by atoms with Crippen LogP contribution in [0.5, 0.6) is 0 Å². The van der Waals surface area contributed by atoms with Crippen LogP contribution in [0.25, 0.3) is 0 Å². The van der Waals surface area contributed by atoms with Crippen molar-refractivity contribution in [2.24, 2.45) is 7.05 Å². The van der Waals surface area contributed by atoms with Crippen molar-refractivity contribution in [1.82, 2.24) is 15.1 Å². The molecule has 0 aliphatic heterocycles. The molecule has 0 aliphatic rings. The molecule has 1 aromatic carbocycles. The Labute approximate surface area is 155 Å². The van der Waals surface area contributed by atoms with E-state index in [1.807, 2.05) is 5.32 Å². The van der Waals surface area contributed by atoms with Crippen molar-refractivity contribution in [3.05, 3.63) is 63.5 Å². The SMILES string of the molecule is Cn1cc(C(=O)NC(C(=O)O)C(C[N+](=O)[O-])c2ccccc2)c(C(F)(F)F)n1. The Morgan fingerprint density at radius 3 is 2.43 bits per heavy atom. The van der Waals surface area contributed by atoms with Gasteiger partial charge in [-0.05, 0) is 5.56 Å². The molecule has 0 fully saturated rings. The van der Waals surface area contributed by atoms with Gasteiger partial charge in [0, 0.05) is 18.2 Å². The fourth-order valence-corrected chi connectivity index (χ4v) is 2.68. The molecule has 2 N–H and O–H groups in total. The molecule has 2 atom stereocenters. The third kappa shape index (κ3) is 4.84. The highest BCUT2D eigenvalue weighted by Crippen LogP contribution is 2.31. The smallest absolute Gasteiger partial charge is 0.435 e. The van der Waals surface area contributed by atoms with E-state index in [4.69, 9.17) is 0 Å². The van der Waals surface area contributed by atoms with Crippen LogP contribution in [0.2, 0.25) is 0 Å². The van der Waals surface area contributed by atoms with E-state index in [1.165, 1.54) is 31.3 Å². The number of nitro groups is 1. The minimum absolute atomic E-state index is 0.245. The topological polar surface area (TPSA) is 127 Å². The Hall–Kier alpha value is -3.44. The van der Waals surface area contributed by atoms with Gasteiger partial charge in [-0.1, -0.05) is 30.3 Å². The van der Waals surface area contributed by atoms with Crippen molar-refractivity contribution in [1.29, 1.82) is 0 Å². The van der Waals surface area contributed by atoms with Crippen LogP contribution in [-0.2, 0) is 18.0 Å². The molecule has 150 valence electrons. The first kappa shape index (κ1) is 20.9. The number of nitrogens with one attached hydrogen (secondary N) is 1. The van der Waals surface area contributed by atoms with Crippen LogP contribution in [0.1, 0.15) is 27.5 Å². The molecule has 0 bridgehead atoms. The second kappa shape index (κ2) is 8.06. The van der Waals surface area contributed by atoms with Crippen molar-refractivity contribution in [2.45, 2.75) is 18.1 Å². The van der Waals surface area contributed by atoms with Gasteiger partial charge in [-0.15, -0.1) is 0 Å². The number of carboxylic acids is 1. The van der Waals surface area contributed by atoms with Gasteiger partial charge in [0.15, 0.2) is 5.69 Å². The Balaban J connectivity index is 2.40. The lowest BCUT2D eigenvalue weighted by atomic mass is 9.91. The van der Waals surface area contributed by atoms with Gasteiger partial charge < -0.3 is 10.4 Å². The molecule has 2 rings (SSSR count). The number of aryl methyl sites for hydroxylation is 1. The summed E-state index contributed by atoms with van der Waals surface area (Å²) < 4.78 is 39.9. The van der Waals surface area contributed by atoms with Crippen molar-refractivity contribution in [2.75, 3.05) is 6.54 Å². The van der Waals surface area contributed by atoms with Gasteiger partial charge in [-0.3, -0.25) is 19.6 Å². The van der Waals surface area contributed by atoms with E-state index < -0.39 is 52.7 Å². The van der Waals surface area contributed by atoms with Crippen LogP contribution < -0.4 is 5.32 Å². The van der Waals surface area contributed by atoms with Crippen LogP contribution in [0, 0.1) is 10.1 Å².